The van der Waals surface area contributed by atoms with Crippen molar-refractivity contribution < 1.29 is 8.83 Å². The highest BCUT2D eigenvalue weighted by atomic mass is 32.1. The Hall–Kier alpha value is -6.62. The van der Waals surface area contributed by atoms with E-state index in [1.807, 2.05) is 35.6 Å². The average molecular weight is 684 g/mol. The molecule has 3 aromatic heterocycles. The van der Waals surface area contributed by atoms with Gasteiger partial charge in [0, 0.05) is 58.8 Å². The summed E-state index contributed by atoms with van der Waals surface area (Å²) in [5.74, 6) is 0. The molecule has 4 heteroatoms. The van der Waals surface area contributed by atoms with Crippen LogP contribution in [0.25, 0.3) is 86.3 Å². The molecule has 0 aliphatic carbocycles. The van der Waals surface area contributed by atoms with Gasteiger partial charge in [-0.05, 0) is 101 Å². The molecule has 0 bridgehead atoms. The monoisotopic (exact) mass is 683 g/mol. The lowest BCUT2D eigenvalue weighted by Gasteiger charge is -2.26. The number of nitrogens with zero attached hydrogens (tertiary/aromatic N) is 1. The standard InChI is InChI=1S/C48H29NO2S/c1-4-10-43-37(7-1)39-24-17-33(28-46(39)51-43)31-15-21-35(22-16-31)49(36-23-25-41-40-9-3-6-12-47(40)52-48(41)29-36)34-19-13-30(14-20-34)32-18-26-45-42(27-32)38-8-2-5-11-44(38)50-45/h1-29H. The number of hydrogen-bond acceptors (Lipinski definition) is 4. The van der Waals surface area contributed by atoms with Crippen LogP contribution in [0.4, 0.5) is 17.1 Å². The largest absolute Gasteiger partial charge is 0.456 e. The first-order valence-electron chi connectivity index (χ1n) is 17.5. The Morgan fingerprint density at radius 1 is 0.308 bits per heavy atom. The van der Waals surface area contributed by atoms with Crippen LogP contribution in [0, 0.1) is 0 Å². The van der Waals surface area contributed by atoms with Crippen LogP contribution in [0.15, 0.2) is 185 Å². The molecule has 244 valence electrons. The van der Waals surface area contributed by atoms with Crippen LogP contribution in [0.5, 0.6) is 0 Å². The molecule has 0 fully saturated rings. The summed E-state index contributed by atoms with van der Waals surface area (Å²) >= 11 is 1.84. The maximum absolute atomic E-state index is 6.21. The molecule has 0 aliphatic heterocycles. The van der Waals surface area contributed by atoms with E-state index < -0.39 is 0 Å². The third kappa shape index (κ3) is 4.65. The molecule has 0 atom stereocenters. The Balaban J connectivity index is 0.998. The van der Waals surface area contributed by atoms with E-state index in [4.69, 9.17) is 8.83 Å². The van der Waals surface area contributed by atoms with Gasteiger partial charge in [-0.2, -0.15) is 0 Å². The minimum Gasteiger partial charge on any atom is -0.456 e. The number of thiophene rings is 1. The number of para-hydroxylation sites is 2. The number of hydrogen-bond donors (Lipinski definition) is 0. The third-order valence-electron chi connectivity index (χ3n) is 10.3. The first-order chi connectivity index (χ1) is 25.7. The molecule has 3 nitrogen and oxygen atoms in total. The summed E-state index contributed by atoms with van der Waals surface area (Å²) in [6.07, 6.45) is 0. The predicted molar refractivity (Wildman–Crippen MR) is 219 cm³/mol. The van der Waals surface area contributed by atoms with Crippen LogP contribution in [-0.2, 0) is 0 Å². The van der Waals surface area contributed by atoms with E-state index >= 15 is 0 Å². The lowest BCUT2D eigenvalue weighted by Crippen LogP contribution is -2.09. The van der Waals surface area contributed by atoms with Crippen LogP contribution in [0.2, 0.25) is 0 Å². The Morgan fingerprint density at radius 2 is 0.788 bits per heavy atom. The number of anilines is 3. The second-order valence-electron chi connectivity index (χ2n) is 13.3. The van der Waals surface area contributed by atoms with E-state index in [0.29, 0.717) is 0 Å². The molecule has 0 amide bonds. The van der Waals surface area contributed by atoms with Crippen molar-refractivity contribution >= 4 is 92.4 Å². The normalized spacial score (nSPS) is 11.8. The van der Waals surface area contributed by atoms with Crippen molar-refractivity contribution in [2.75, 3.05) is 4.90 Å². The van der Waals surface area contributed by atoms with Crippen molar-refractivity contribution in [3.63, 3.8) is 0 Å². The van der Waals surface area contributed by atoms with Crippen molar-refractivity contribution in [3.8, 4) is 22.3 Å². The van der Waals surface area contributed by atoms with E-state index in [9.17, 15) is 0 Å². The number of furan rings is 2. The Kier molecular flexibility index (Phi) is 6.42. The SMILES string of the molecule is c1ccc2c(c1)oc1cc(-c3ccc(N(c4ccc(-c5ccc6oc7ccccc7c6c5)cc4)c4ccc5c(c4)sc4ccccc45)cc3)ccc12. The lowest BCUT2D eigenvalue weighted by atomic mass is 10.0. The Bertz CT molecular complexity index is 3130. The Labute approximate surface area is 303 Å². The molecule has 0 radical (unpaired) electrons. The summed E-state index contributed by atoms with van der Waals surface area (Å²) in [5.41, 5.74) is 11.5. The quantitative estimate of drug-likeness (QED) is 0.181. The smallest absolute Gasteiger partial charge is 0.136 e. The van der Waals surface area contributed by atoms with E-state index in [0.717, 1.165) is 83.2 Å². The van der Waals surface area contributed by atoms with Gasteiger partial charge in [0.1, 0.15) is 22.3 Å². The van der Waals surface area contributed by atoms with E-state index in [1.165, 1.54) is 20.2 Å². The van der Waals surface area contributed by atoms with Gasteiger partial charge in [-0.3, -0.25) is 0 Å². The summed E-state index contributed by atoms with van der Waals surface area (Å²) in [4.78, 5) is 2.35. The fourth-order valence-electron chi connectivity index (χ4n) is 7.72. The number of rotatable bonds is 5. The van der Waals surface area contributed by atoms with Gasteiger partial charge in [-0.25, -0.2) is 0 Å². The van der Waals surface area contributed by atoms with Crippen molar-refractivity contribution in [2.24, 2.45) is 0 Å². The van der Waals surface area contributed by atoms with Crippen LogP contribution in [0.3, 0.4) is 0 Å². The number of fused-ring (bicyclic) bond motifs is 9. The van der Waals surface area contributed by atoms with Gasteiger partial charge < -0.3 is 13.7 Å². The van der Waals surface area contributed by atoms with Crippen molar-refractivity contribution in [3.05, 3.63) is 176 Å². The molecule has 0 saturated carbocycles. The second kappa shape index (κ2) is 11.5. The summed E-state index contributed by atoms with van der Waals surface area (Å²) in [6, 6.07) is 62.7. The van der Waals surface area contributed by atoms with Gasteiger partial charge in [0.2, 0.25) is 0 Å². The predicted octanol–water partition coefficient (Wildman–Crippen LogP) is 14.7. The lowest BCUT2D eigenvalue weighted by molar-refractivity contribution is 0.668. The first kappa shape index (κ1) is 29.1. The molecule has 0 N–H and O–H groups in total. The molecular weight excluding hydrogens is 655 g/mol. The van der Waals surface area contributed by atoms with Crippen LogP contribution < -0.4 is 4.90 Å². The molecular formula is C48H29NO2S. The summed E-state index contributed by atoms with van der Waals surface area (Å²) in [5, 5.41) is 7.15. The van der Waals surface area contributed by atoms with Gasteiger partial charge in [0.05, 0.1) is 0 Å². The van der Waals surface area contributed by atoms with Crippen molar-refractivity contribution in [2.45, 2.75) is 0 Å². The maximum atomic E-state index is 6.21. The van der Waals surface area contributed by atoms with Crippen molar-refractivity contribution in [1.82, 2.24) is 0 Å². The minimum atomic E-state index is 0.904. The van der Waals surface area contributed by atoms with Crippen LogP contribution >= 0.6 is 11.3 Å². The second-order valence-corrected chi connectivity index (χ2v) is 14.4. The maximum Gasteiger partial charge on any atom is 0.136 e. The highest BCUT2D eigenvalue weighted by Crippen LogP contribution is 2.42. The highest BCUT2D eigenvalue weighted by molar-refractivity contribution is 7.25. The molecule has 8 aromatic carbocycles. The first-order valence-corrected chi connectivity index (χ1v) is 18.3. The van der Waals surface area contributed by atoms with Gasteiger partial charge in [0.25, 0.3) is 0 Å². The fourth-order valence-corrected chi connectivity index (χ4v) is 8.86. The van der Waals surface area contributed by atoms with E-state index in [-0.39, 0.29) is 0 Å². The fraction of sp³-hybridized carbons (Fsp3) is 0. The topological polar surface area (TPSA) is 29.5 Å². The zero-order chi connectivity index (χ0) is 34.2. The molecule has 0 saturated heterocycles. The molecule has 3 heterocycles. The summed E-state index contributed by atoms with van der Waals surface area (Å²) in [7, 11) is 0. The van der Waals surface area contributed by atoms with Crippen molar-refractivity contribution in [1.29, 1.82) is 0 Å². The molecule has 0 unspecified atom stereocenters. The Morgan fingerprint density at radius 3 is 1.52 bits per heavy atom. The average Bonchev–Trinajstić information content (AvgIpc) is 3.89. The van der Waals surface area contributed by atoms with Gasteiger partial charge in [0.15, 0.2) is 0 Å². The minimum absolute atomic E-state index is 0.904. The molecule has 11 aromatic rings. The van der Waals surface area contributed by atoms with Gasteiger partial charge in [-0.1, -0.05) is 97.1 Å². The van der Waals surface area contributed by atoms with E-state index in [2.05, 4.69) is 157 Å². The third-order valence-corrected chi connectivity index (χ3v) is 11.4. The highest BCUT2D eigenvalue weighted by Gasteiger charge is 2.17. The zero-order valence-corrected chi connectivity index (χ0v) is 28.7. The summed E-state index contributed by atoms with van der Waals surface area (Å²) < 4.78 is 14.9. The number of benzene rings is 8. The zero-order valence-electron chi connectivity index (χ0n) is 27.9. The van der Waals surface area contributed by atoms with Crippen LogP contribution in [0.1, 0.15) is 0 Å². The molecule has 0 aliphatic rings. The summed E-state index contributed by atoms with van der Waals surface area (Å²) in [6.45, 7) is 0. The van der Waals surface area contributed by atoms with Gasteiger partial charge in [-0.15, -0.1) is 11.3 Å². The molecule has 11 rings (SSSR count). The van der Waals surface area contributed by atoms with Gasteiger partial charge >= 0.3 is 0 Å². The van der Waals surface area contributed by atoms with E-state index in [1.54, 1.807) is 0 Å². The van der Waals surface area contributed by atoms with Crippen LogP contribution in [-0.4, -0.2) is 0 Å². The molecule has 0 spiro atoms. The molecule has 52 heavy (non-hydrogen) atoms.